The summed E-state index contributed by atoms with van der Waals surface area (Å²) in [6, 6.07) is 2.13. The third kappa shape index (κ3) is 2.43. The highest BCUT2D eigenvalue weighted by molar-refractivity contribution is 9.10. The lowest BCUT2D eigenvalue weighted by molar-refractivity contribution is 0.252. The third-order valence-electron chi connectivity index (χ3n) is 1.63. The Balaban J connectivity index is 2.98. The molecular formula is C8H9BrFN3O. The van der Waals surface area contributed by atoms with E-state index in [-0.39, 0.29) is 5.69 Å². The first kappa shape index (κ1) is 10.9. The number of benzene rings is 1. The van der Waals surface area contributed by atoms with Gasteiger partial charge in [0.25, 0.3) is 0 Å². The van der Waals surface area contributed by atoms with Gasteiger partial charge in [-0.3, -0.25) is 5.43 Å². The highest BCUT2D eigenvalue weighted by atomic mass is 79.9. The van der Waals surface area contributed by atoms with Gasteiger partial charge >= 0.3 is 6.03 Å². The minimum absolute atomic E-state index is 0.0913. The predicted molar refractivity (Wildman–Crippen MR) is 55.2 cm³/mol. The van der Waals surface area contributed by atoms with E-state index < -0.39 is 11.8 Å². The van der Waals surface area contributed by atoms with Crippen LogP contribution in [0.25, 0.3) is 0 Å². The molecule has 0 aliphatic carbocycles. The van der Waals surface area contributed by atoms with Crippen LogP contribution >= 0.6 is 15.9 Å². The average molecular weight is 262 g/mol. The van der Waals surface area contributed by atoms with Crippen LogP contribution in [0.2, 0.25) is 0 Å². The number of hydrogen-bond acceptors (Lipinski definition) is 2. The number of hydrazine groups is 1. The van der Waals surface area contributed by atoms with Crippen molar-refractivity contribution in [2.24, 2.45) is 5.84 Å². The maximum atomic E-state index is 13.2. The minimum atomic E-state index is -0.661. The second-order valence-corrected chi connectivity index (χ2v) is 3.53. The standard InChI is InChI=1S/C8H9BrFN3O/c1-4-2-7(12-8(14)13-11)6(10)3-5(4)9/h2-3H,11H2,1H3,(H2,12,13,14). The molecule has 0 atom stereocenters. The van der Waals surface area contributed by atoms with E-state index in [4.69, 9.17) is 5.84 Å². The van der Waals surface area contributed by atoms with Crippen LogP contribution in [0.4, 0.5) is 14.9 Å². The molecule has 0 saturated carbocycles. The number of urea groups is 1. The van der Waals surface area contributed by atoms with Gasteiger partial charge < -0.3 is 5.32 Å². The Hall–Kier alpha value is -1.14. The number of nitrogens with one attached hydrogen (secondary N) is 2. The minimum Gasteiger partial charge on any atom is -0.304 e. The number of halogens is 2. The van der Waals surface area contributed by atoms with Crippen LogP contribution in [0.15, 0.2) is 16.6 Å². The van der Waals surface area contributed by atoms with Crippen LogP contribution in [-0.4, -0.2) is 6.03 Å². The van der Waals surface area contributed by atoms with Gasteiger partial charge in [-0.25, -0.2) is 15.0 Å². The molecule has 1 aromatic rings. The zero-order valence-corrected chi connectivity index (χ0v) is 8.98. The van der Waals surface area contributed by atoms with Gasteiger partial charge in [0.1, 0.15) is 5.82 Å². The van der Waals surface area contributed by atoms with Gasteiger partial charge in [0.15, 0.2) is 0 Å². The molecule has 1 rings (SSSR count). The Morgan fingerprint density at radius 1 is 1.57 bits per heavy atom. The molecule has 4 N–H and O–H groups in total. The van der Waals surface area contributed by atoms with E-state index in [1.54, 1.807) is 6.92 Å². The van der Waals surface area contributed by atoms with Crippen LogP contribution in [0.3, 0.4) is 0 Å². The smallest absolute Gasteiger partial charge is 0.304 e. The monoisotopic (exact) mass is 261 g/mol. The summed E-state index contributed by atoms with van der Waals surface area (Å²) in [5, 5.41) is 2.26. The Labute approximate surface area is 88.8 Å². The number of amides is 2. The summed E-state index contributed by atoms with van der Waals surface area (Å²) in [7, 11) is 0. The van der Waals surface area contributed by atoms with Gasteiger partial charge in [0.05, 0.1) is 5.69 Å². The molecule has 0 saturated heterocycles. The second-order valence-electron chi connectivity index (χ2n) is 2.68. The Bertz CT molecular complexity index is 370. The van der Waals surface area contributed by atoms with Crippen LogP contribution < -0.4 is 16.6 Å². The number of hydrogen-bond donors (Lipinski definition) is 3. The van der Waals surface area contributed by atoms with Crippen molar-refractivity contribution in [1.29, 1.82) is 0 Å². The molecule has 0 spiro atoms. The van der Waals surface area contributed by atoms with E-state index in [0.29, 0.717) is 4.47 Å². The van der Waals surface area contributed by atoms with E-state index in [0.717, 1.165) is 5.56 Å². The number of carbonyl (C=O) groups excluding carboxylic acids is 1. The number of nitrogens with two attached hydrogens (primary N) is 1. The molecule has 1 aromatic carbocycles. The summed E-state index contributed by atoms with van der Waals surface area (Å²) in [6.45, 7) is 1.79. The number of anilines is 1. The van der Waals surface area contributed by atoms with Crippen LogP contribution in [-0.2, 0) is 0 Å². The molecule has 0 aromatic heterocycles. The average Bonchev–Trinajstić information content (AvgIpc) is 2.14. The molecule has 14 heavy (non-hydrogen) atoms. The Morgan fingerprint density at radius 3 is 2.79 bits per heavy atom. The summed E-state index contributed by atoms with van der Waals surface area (Å²) < 4.78 is 13.9. The van der Waals surface area contributed by atoms with E-state index in [1.807, 2.05) is 5.43 Å². The van der Waals surface area contributed by atoms with Crippen molar-refractivity contribution >= 4 is 27.6 Å². The fourth-order valence-electron chi connectivity index (χ4n) is 0.911. The Morgan fingerprint density at radius 2 is 2.21 bits per heavy atom. The number of aryl methyl sites for hydroxylation is 1. The second kappa shape index (κ2) is 4.39. The Kier molecular flexibility index (Phi) is 3.43. The topological polar surface area (TPSA) is 67.2 Å². The van der Waals surface area contributed by atoms with Gasteiger partial charge in [-0.1, -0.05) is 15.9 Å². The van der Waals surface area contributed by atoms with Crippen LogP contribution in [0, 0.1) is 12.7 Å². The summed E-state index contributed by atoms with van der Waals surface area (Å²) >= 11 is 3.17. The lowest BCUT2D eigenvalue weighted by Gasteiger charge is -2.07. The van der Waals surface area contributed by atoms with Gasteiger partial charge in [-0.05, 0) is 24.6 Å². The van der Waals surface area contributed by atoms with Crippen molar-refractivity contribution in [1.82, 2.24) is 5.43 Å². The van der Waals surface area contributed by atoms with Crippen LogP contribution in [0.5, 0.6) is 0 Å². The zero-order chi connectivity index (χ0) is 10.7. The van der Waals surface area contributed by atoms with E-state index in [2.05, 4.69) is 21.2 Å². The molecule has 76 valence electrons. The highest BCUT2D eigenvalue weighted by Gasteiger charge is 2.07. The molecule has 0 heterocycles. The quantitative estimate of drug-likeness (QED) is 0.411. The fourth-order valence-corrected chi connectivity index (χ4v) is 1.23. The van der Waals surface area contributed by atoms with Crippen molar-refractivity contribution in [2.45, 2.75) is 6.92 Å². The lowest BCUT2D eigenvalue weighted by atomic mass is 10.2. The van der Waals surface area contributed by atoms with Crippen molar-refractivity contribution < 1.29 is 9.18 Å². The van der Waals surface area contributed by atoms with Crippen molar-refractivity contribution in [3.63, 3.8) is 0 Å². The highest BCUT2D eigenvalue weighted by Crippen LogP contribution is 2.23. The predicted octanol–water partition coefficient (Wildman–Crippen LogP) is 1.89. The molecule has 0 radical (unpaired) electrons. The summed E-state index contributed by atoms with van der Waals surface area (Å²) in [6.07, 6.45) is 0. The van der Waals surface area contributed by atoms with Gasteiger partial charge in [0, 0.05) is 4.47 Å². The first-order valence-electron chi connectivity index (χ1n) is 3.78. The first-order valence-corrected chi connectivity index (χ1v) is 4.57. The summed E-state index contributed by atoms with van der Waals surface area (Å²) in [5.74, 6) is 4.32. The van der Waals surface area contributed by atoms with Crippen molar-refractivity contribution in [2.75, 3.05) is 5.32 Å². The fraction of sp³-hybridized carbons (Fsp3) is 0.125. The number of carbonyl (C=O) groups is 1. The van der Waals surface area contributed by atoms with Gasteiger partial charge in [-0.15, -0.1) is 0 Å². The van der Waals surface area contributed by atoms with Gasteiger partial charge in [0.2, 0.25) is 0 Å². The van der Waals surface area contributed by atoms with E-state index in [9.17, 15) is 9.18 Å². The lowest BCUT2D eigenvalue weighted by Crippen LogP contribution is -2.34. The van der Waals surface area contributed by atoms with Crippen molar-refractivity contribution in [3.05, 3.63) is 28.0 Å². The maximum absolute atomic E-state index is 13.2. The molecule has 0 bridgehead atoms. The normalized spacial score (nSPS) is 9.71. The molecule has 0 aliphatic heterocycles. The number of rotatable bonds is 1. The summed E-state index contributed by atoms with van der Waals surface area (Å²) in [4.78, 5) is 10.8. The third-order valence-corrected chi connectivity index (χ3v) is 2.48. The largest absolute Gasteiger partial charge is 0.333 e. The maximum Gasteiger partial charge on any atom is 0.333 e. The molecule has 0 aliphatic rings. The molecule has 6 heteroatoms. The molecular weight excluding hydrogens is 253 g/mol. The summed E-state index contributed by atoms with van der Waals surface area (Å²) in [5.41, 5.74) is 2.76. The molecule has 2 amide bonds. The molecule has 4 nitrogen and oxygen atoms in total. The van der Waals surface area contributed by atoms with Crippen LogP contribution in [0.1, 0.15) is 5.56 Å². The van der Waals surface area contributed by atoms with Gasteiger partial charge in [-0.2, -0.15) is 0 Å². The molecule has 0 fully saturated rings. The SMILES string of the molecule is Cc1cc(NC(=O)NN)c(F)cc1Br. The molecule has 0 unspecified atom stereocenters. The van der Waals surface area contributed by atoms with Crippen molar-refractivity contribution in [3.8, 4) is 0 Å². The zero-order valence-electron chi connectivity index (χ0n) is 7.40. The van der Waals surface area contributed by atoms with E-state index >= 15 is 0 Å². The first-order chi connectivity index (χ1) is 6.54. The van der Waals surface area contributed by atoms with E-state index in [1.165, 1.54) is 12.1 Å².